The van der Waals surface area contributed by atoms with Crippen molar-refractivity contribution in [3.63, 3.8) is 0 Å². The number of carbonyl (C=O) groups is 4. The van der Waals surface area contributed by atoms with Crippen LogP contribution in [0.3, 0.4) is 0 Å². The average Bonchev–Trinajstić information content (AvgIpc) is 3.45. The number of methoxy groups -OCH3 is 1. The molecule has 256 valence electrons. The van der Waals surface area contributed by atoms with Crippen LogP contribution in [0.4, 0.5) is 0 Å². The van der Waals surface area contributed by atoms with Crippen LogP contribution in [0.25, 0.3) is 0 Å². The van der Waals surface area contributed by atoms with E-state index < -0.39 is 22.5 Å². The Bertz CT molecular complexity index is 1880. The molecule has 1 fully saturated rings. The van der Waals surface area contributed by atoms with Gasteiger partial charge in [-0.05, 0) is 59.9 Å². The van der Waals surface area contributed by atoms with E-state index in [-0.39, 0.29) is 31.6 Å². The largest absolute Gasteiger partial charge is 0.497 e. The van der Waals surface area contributed by atoms with E-state index in [1.807, 2.05) is 74.5 Å². The Kier molecular flexibility index (Phi) is 12.1. The molecule has 4 aromatic rings. The second-order valence-corrected chi connectivity index (χ2v) is 13.3. The van der Waals surface area contributed by atoms with Crippen molar-refractivity contribution < 1.29 is 28.8 Å². The number of hydrogen-bond donors (Lipinski definition) is 1. The molecule has 1 aliphatic heterocycles. The third-order valence-corrected chi connectivity index (χ3v) is 10.0. The van der Waals surface area contributed by atoms with Crippen molar-refractivity contribution in [3.05, 3.63) is 136 Å². The molecular formula is C41H40N2O6S. The normalized spacial score (nSPS) is 13.6. The van der Waals surface area contributed by atoms with Gasteiger partial charge in [0.25, 0.3) is 11.8 Å². The van der Waals surface area contributed by atoms with Gasteiger partial charge >= 0.3 is 5.97 Å². The minimum Gasteiger partial charge on any atom is -0.497 e. The summed E-state index contributed by atoms with van der Waals surface area (Å²) in [5.41, 5.74) is 6.89. The Balaban J connectivity index is 1.43. The van der Waals surface area contributed by atoms with Crippen LogP contribution in [0.1, 0.15) is 71.0 Å². The number of thioether (sulfide) groups is 1. The molecule has 0 saturated carbocycles. The maximum absolute atomic E-state index is 12.9. The molecule has 0 bridgehead atoms. The van der Waals surface area contributed by atoms with Gasteiger partial charge in [-0.2, -0.15) is 0 Å². The van der Waals surface area contributed by atoms with Gasteiger partial charge in [-0.25, -0.2) is 4.79 Å². The first kappa shape index (κ1) is 36.0. The number of amides is 3. The van der Waals surface area contributed by atoms with Crippen LogP contribution in [0.5, 0.6) is 5.75 Å². The number of nitrogens with zero attached hydrogens (tertiary/aromatic N) is 1. The molecule has 1 atom stereocenters. The van der Waals surface area contributed by atoms with Gasteiger partial charge in [0.05, 0.1) is 18.3 Å². The quantitative estimate of drug-likeness (QED) is 0.0939. The van der Waals surface area contributed by atoms with E-state index in [9.17, 15) is 19.2 Å². The molecule has 1 aliphatic rings. The van der Waals surface area contributed by atoms with Crippen molar-refractivity contribution in [2.45, 2.75) is 57.2 Å². The van der Waals surface area contributed by atoms with Crippen LogP contribution in [0.15, 0.2) is 97.1 Å². The summed E-state index contributed by atoms with van der Waals surface area (Å²) in [6.45, 7) is 4.51. The van der Waals surface area contributed by atoms with Crippen LogP contribution >= 0.6 is 11.8 Å². The third kappa shape index (κ3) is 8.82. The van der Waals surface area contributed by atoms with Gasteiger partial charge in [0.1, 0.15) is 5.75 Å². The zero-order chi connectivity index (χ0) is 35.5. The Morgan fingerprint density at radius 2 is 1.48 bits per heavy atom. The van der Waals surface area contributed by atoms with Gasteiger partial charge < -0.3 is 14.9 Å². The lowest BCUT2D eigenvalue weighted by Crippen LogP contribution is -2.32. The molecule has 3 amide bonds. The van der Waals surface area contributed by atoms with Crippen molar-refractivity contribution in [1.82, 2.24) is 10.4 Å². The number of imide groups is 1. The first-order valence-electron chi connectivity index (χ1n) is 16.5. The van der Waals surface area contributed by atoms with E-state index in [1.165, 1.54) is 0 Å². The van der Waals surface area contributed by atoms with E-state index in [2.05, 4.69) is 53.6 Å². The smallest absolute Gasteiger partial charge is 0.334 e. The fourth-order valence-electron chi connectivity index (χ4n) is 5.65. The molecule has 0 aromatic heterocycles. The molecule has 1 saturated heterocycles. The molecule has 0 aliphatic carbocycles. The van der Waals surface area contributed by atoms with Crippen LogP contribution < -0.4 is 10.1 Å². The third-order valence-electron chi connectivity index (χ3n) is 8.45. The number of rotatable bonds is 13. The van der Waals surface area contributed by atoms with Crippen LogP contribution in [-0.4, -0.2) is 41.6 Å². The Morgan fingerprint density at radius 3 is 2.14 bits per heavy atom. The van der Waals surface area contributed by atoms with E-state index in [4.69, 9.17) is 9.57 Å². The summed E-state index contributed by atoms with van der Waals surface area (Å²) in [5.74, 6) is 5.80. The van der Waals surface area contributed by atoms with Gasteiger partial charge in [0.15, 0.2) is 0 Å². The molecule has 9 heteroatoms. The summed E-state index contributed by atoms with van der Waals surface area (Å²) in [6.07, 6.45) is 0.739. The highest BCUT2D eigenvalue weighted by molar-refractivity contribution is 8.00. The highest BCUT2D eigenvalue weighted by atomic mass is 32.2. The summed E-state index contributed by atoms with van der Waals surface area (Å²) in [7, 11) is 1.62. The Morgan fingerprint density at radius 1 is 0.840 bits per heavy atom. The van der Waals surface area contributed by atoms with Gasteiger partial charge in [-0.1, -0.05) is 96.3 Å². The number of nitrogens with one attached hydrogen (secondary N) is 1. The molecule has 8 nitrogen and oxygen atoms in total. The van der Waals surface area contributed by atoms with Crippen molar-refractivity contribution >= 4 is 35.5 Å². The van der Waals surface area contributed by atoms with Crippen molar-refractivity contribution in [3.8, 4) is 17.6 Å². The van der Waals surface area contributed by atoms with E-state index in [1.54, 1.807) is 18.9 Å². The van der Waals surface area contributed by atoms with Gasteiger partial charge in [0.2, 0.25) is 5.91 Å². The fraction of sp³-hybridized carbons (Fsp3) is 0.268. The number of aryl methyl sites for hydroxylation is 2. The van der Waals surface area contributed by atoms with E-state index in [0.717, 1.165) is 38.9 Å². The predicted octanol–water partition coefficient (Wildman–Crippen LogP) is 6.78. The summed E-state index contributed by atoms with van der Waals surface area (Å²) >= 11 is 1.55. The predicted molar refractivity (Wildman–Crippen MR) is 194 cm³/mol. The molecule has 1 heterocycles. The zero-order valence-corrected chi connectivity index (χ0v) is 29.3. The van der Waals surface area contributed by atoms with Crippen LogP contribution in [-0.2, 0) is 35.3 Å². The number of hydroxylamine groups is 2. The summed E-state index contributed by atoms with van der Waals surface area (Å²) in [4.78, 5) is 54.6. The van der Waals surface area contributed by atoms with E-state index in [0.29, 0.717) is 29.5 Å². The second kappa shape index (κ2) is 16.9. The SMILES string of the molecule is COc1ccc(C(SCCC(=O)ON2C(=O)CCC2=O)(c2ccc(C)cc2)c2ccc(C)c(C#CCCC(=O)NCc3ccccc3)c2)cc1. The highest BCUT2D eigenvalue weighted by Crippen LogP contribution is 2.49. The van der Waals surface area contributed by atoms with Gasteiger partial charge in [-0.15, -0.1) is 16.8 Å². The van der Waals surface area contributed by atoms with E-state index >= 15 is 0 Å². The number of ether oxygens (including phenoxy) is 1. The van der Waals surface area contributed by atoms with Crippen molar-refractivity contribution in [2.24, 2.45) is 0 Å². The number of carbonyl (C=O) groups excluding carboxylic acids is 4. The fourth-order valence-corrected chi connectivity index (χ4v) is 7.13. The topological polar surface area (TPSA) is 102 Å². The van der Waals surface area contributed by atoms with Gasteiger partial charge in [0, 0.05) is 43.5 Å². The average molecular weight is 689 g/mol. The first-order valence-corrected chi connectivity index (χ1v) is 17.5. The lowest BCUT2D eigenvalue weighted by molar-refractivity contribution is -0.197. The maximum atomic E-state index is 12.9. The molecule has 5 rings (SSSR count). The minimum atomic E-state index is -0.791. The second-order valence-electron chi connectivity index (χ2n) is 12.0. The van der Waals surface area contributed by atoms with Crippen LogP contribution in [0.2, 0.25) is 0 Å². The summed E-state index contributed by atoms with van der Waals surface area (Å²) in [6, 6.07) is 32.1. The minimum absolute atomic E-state index is 0.0314. The lowest BCUT2D eigenvalue weighted by atomic mass is 9.82. The molecule has 50 heavy (non-hydrogen) atoms. The van der Waals surface area contributed by atoms with Crippen LogP contribution in [0, 0.1) is 25.7 Å². The molecule has 0 radical (unpaired) electrons. The van der Waals surface area contributed by atoms with Gasteiger partial charge in [-0.3, -0.25) is 14.4 Å². The number of hydrogen-bond acceptors (Lipinski definition) is 7. The monoisotopic (exact) mass is 688 g/mol. The standard InChI is InChI=1S/C41H40N2O6S/c1-29-13-16-33(17-14-29)41(34-19-21-36(48-3)22-20-34,50-26-25-40(47)49-43-38(45)23-24-39(43)46)35-18-15-30(2)32(27-35)11-7-8-12-37(44)42-28-31-9-5-4-6-10-31/h4-6,9-10,13-22,27H,8,12,23-26,28H2,1-3H3,(H,42,44). The van der Waals surface area contributed by atoms with Crippen molar-refractivity contribution in [1.29, 1.82) is 0 Å². The number of benzene rings is 4. The first-order chi connectivity index (χ1) is 24.2. The van der Waals surface area contributed by atoms with Crippen molar-refractivity contribution in [2.75, 3.05) is 12.9 Å². The molecule has 1 N–H and O–H groups in total. The summed E-state index contributed by atoms with van der Waals surface area (Å²) < 4.78 is 4.68. The Labute approximate surface area is 297 Å². The zero-order valence-electron chi connectivity index (χ0n) is 28.5. The molecule has 0 spiro atoms. The summed E-state index contributed by atoms with van der Waals surface area (Å²) in [5, 5.41) is 3.54. The highest BCUT2D eigenvalue weighted by Gasteiger charge is 2.38. The lowest BCUT2D eigenvalue weighted by Gasteiger charge is -2.36. The molecular weight excluding hydrogens is 649 g/mol. The maximum Gasteiger partial charge on any atom is 0.334 e. The molecule has 4 aromatic carbocycles. The Hall–Kier alpha value is -5.33. The molecule has 1 unspecified atom stereocenters.